The van der Waals surface area contributed by atoms with Crippen LogP contribution < -0.4 is 5.76 Å². The fourth-order valence-electron chi connectivity index (χ4n) is 1.28. The molecule has 0 amide bonds. The van der Waals surface area contributed by atoms with Crippen LogP contribution in [0.3, 0.4) is 0 Å². The van der Waals surface area contributed by atoms with E-state index in [-0.39, 0.29) is 12.4 Å². The number of nitrogens with zero attached hydrogens (tertiary/aromatic N) is 3. The first-order chi connectivity index (χ1) is 8.22. The Kier molecular flexibility index (Phi) is 2.99. The molecule has 2 rings (SSSR count). The zero-order chi connectivity index (χ0) is 12.3. The molecule has 0 aliphatic carbocycles. The van der Waals surface area contributed by atoms with Crippen molar-refractivity contribution in [1.82, 2.24) is 14.7 Å². The van der Waals surface area contributed by atoms with E-state index in [1.54, 1.807) is 24.4 Å². The van der Waals surface area contributed by atoms with Crippen molar-refractivity contribution in [2.45, 2.75) is 6.54 Å². The molecule has 0 N–H and O–H groups in total. The first-order valence-corrected chi connectivity index (χ1v) is 4.77. The highest BCUT2D eigenvalue weighted by Gasteiger charge is 2.16. The van der Waals surface area contributed by atoms with Gasteiger partial charge in [-0.15, -0.1) is 0 Å². The van der Waals surface area contributed by atoms with E-state index in [4.69, 9.17) is 0 Å². The van der Waals surface area contributed by atoms with Crippen LogP contribution in [0, 0.1) is 0 Å². The molecule has 2 aromatic heterocycles. The summed E-state index contributed by atoms with van der Waals surface area (Å²) >= 11 is 0. The highest BCUT2D eigenvalue weighted by Crippen LogP contribution is 2.11. The molecule has 0 fully saturated rings. The standard InChI is InChI=1S/C10H9N3O4/c1-16-8(14)6-13-9(12-17-10(13)15)7-4-2-3-5-11-7/h2-5H,6H2,1H3. The molecular formula is C10H9N3O4. The van der Waals surface area contributed by atoms with Crippen LogP contribution in [-0.2, 0) is 16.1 Å². The van der Waals surface area contributed by atoms with Crippen molar-refractivity contribution >= 4 is 5.97 Å². The molecule has 7 nitrogen and oxygen atoms in total. The van der Waals surface area contributed by atoms with Crippen molar-refractivity contribution in [2.24, 2.45) is 0 Å². The molecule has 0 saturated heterocycles. The molecule has 0 aromatic carbocycles. The highest BCUT2D eigenvalue weighted by molar-refractivity contribution is 5.69. The van der Waals surface area contributed by atoms with Gasteiger partial charge in [0.05, 0.1) is 7.11 Å². The lowest BCUT2D eigenvalue weighted by Crippen LogP contribution is -2.22. The molecule has 0 spiro atoms. The molecule has 0 unspecified atom stereocenters. The van der Waals surface area contributed by atoms with Gasteiger partial charge in [-0.3, -0.25) is 14.3 Å². The summed E-state index contributed by atoms with van der Waals surface area (Å²) in [7, 11) is 1.24. The molecule has 0 aliphatic heterocycles. The second kappa shape index (κ2) is 4.60. The summed E-state index contributed by atoms with van der Waals surface area (Å²) < 4.78 is 10.0. The SMILES string of the molecule is COC(=O)Cn1c(-c2ccccn2)noc1=O. The summed E-state index contributed by atoms with van der Waals surface area (Å²) in [5.41, 5.74) is 0.447. The maximum atomic E-state index is 11.4. The van der Waals surface area contributed by atoms with Gasteiger partial charge in [-0.1, -0.05) is 11.2 Å². The largest absolute Gasteiger partial charge is 0.468 e. The molecule has 0 atom stereocenters. The first-order valence-electron chi connectivity index (χ1n) is 4.77. The van der Waals surface area contributed by atoms with Gasteiger partial charge in [0.15, 0.2) is 0 Å². The van der Waals surface area contributed by atoms with E-state index >= 15 is 0 Å². The fraction of sp³-hybridized carbons (Fsp3) is 0.200. The summed E-state index contributed by atoms with van der Waals surface area (Å²) in [4.78, 5) is 26.5. The number of methoxy groups -OCH3 is 1. The van der Waals surface area contributed by atoms with Crippen molar-refractivity contribution in [2.75, 3.05) is 7.11 Å². The van der Waals surface area contributed by atoms with Crippen molar-refractivity contribution in [3.05, 3.63) is 34.9 Å². The Bertz CT molecular complexity index is 573. The van der Waals surface area contributed by atoms with E-state index in [2.05, 4.69) is 19.4 Å². The summed E-state index contributed by atoms with van der Waals surface area (Å²) in [6, 6.07) is 5.13. The monoisotopic (exact) mass is 235 g/mol. The van der Waals surface area contributed by atoms with Crippen LogP contribution in [0.4, 0.5) is 0 Å². The van der Waals surface area contributed by atoms with Gasteiger partial charge >= 0.3 is 11.7 Å². The maximum Gasteiger partial charge on any atom is 0.442 e. The maximum absolute atomic E-state index is 11.4. The first kappa shape index (κ1) is 11.1. The Labute approximate surface area is 95.6 Å². The number of hydrogen-bond donors (Lipinski definition) is 0. The zero-order valence-corrected chi connectivity index (χ0v) is 8.99. The fourth-order valence-corrected chi connectivity index (χ4v) is 1.28. The number of aromatic nitrogens is 3. The van der Waals surface area contributed by atoms with Crippen LogP contribution >= 0.6 is 0 Å². The Balaban J connectivity index is 2.43. The van der Waals surface area contributed by atoms with Gasteiger partial charge in [0.2, 0.25) is 5.82 Å². The molecule has 2 aromatic rings. The molecule has 0 bridgehead atoms. The molecule has 0 aliphatic rings. The molecule has 7 heteroatoms. The number of esters is 1. The average Bonchev–Trinajstić information content (AvgIpc) is 2.72. The summed E-state index contributed by atoms with van der Waals surface area (Å²) in [6.07, 6.45) is 1.55. The van der Waals surface area contributed by atoms with E-state index in [9.17, 15) is 9.59 Å². The van der Waals surface area contributed by atoms with Crippen molar-refractivity contribution in [3.8, 4) is 11.5 Å². The molecule has 0 radical (unpaired) electrons. The van der Waals surface area contributed by atoms with E-state index in [1.807, 2.05) is 0 Å². The topological polar surface area (TPSA) is 87.2 Å². The van der Waals surface area contributed by atoms with Crippen molar-refractivity contribution in [3.63, 3.8) is 0 Å². The lowest BCUT2D eigenvalue weighted by molar-refractivity contribution is -0.141. The second-order valence-corrected chi connectivity index (χ2v) is 3.15. The molecule has 17 heavy (non-hydrogen) atoms. The molecule has 2 heterocycles. The smallest absolute Gasteiger partial charge is 0.442 e. The van der Waals surface area contributed by atoms with E-state index in [1.165, 1.54) is 7.11 Å². The summed E-state index contributed by atoms with van der Waals surface area (Å²) in [6.45, 7) is -0.259. The van der Waals surface area contributed by atoms with E-state index < -0.39 is 11.7 Å². The normalized spacial score (nSPS) is 10.2. The van der Waals surface area contributed by atoms with Crippen LogP contribution in [0.5, 0.6) is 0 Å². The van der Waals surface area contributed by atoms with E-state index in [0.717, 1.165) is 4.57 Å². The second-order valence-electron chi connectivity index (χ2n) is 3.15. The third-order valence-electron chi connectivity index (χ3n) is 2.10. The van der Waals surface area contributed by atoms with Crippen LogP contribution in [0.1, 0.15) is 0 Å². The Morgan fingerprint density at radius 1 is 1.53 bits per heavy atom. The number of ether oxygens (including phenoxy) is 1. The Hall–Kier alpha value is -2.44. The zero-order valence-electron chi connectivity index (χ0n) is 8.99. The van der Waals surface area contributed by atoms with Crippen molar-refractivity contribution < 1.29 is 14.1 Å². The van der Waals surface area contributed by atoms with Crippen molar-refractivity contribution in [1.29, 1.82) is 0 Å². The van der Waals surface area contributed by atoms with Gasteiger partial charge in [-0.05, 0) is 12.1 Å². The predicted molar refractivity (Wildman–Crippen MR) is 56.0 cm³/mol. The number of rotatable bonds is 3. The Morgan fingerprint density at radius 2 is 2.35 bits per heavy atom. The van der Waals surface area contributed by atoms with Gasteiger partial charge in [0, 0.05) is 6.20 Å². The van der Waals surface area contributed by atoms with Crippen LogP contribution in [0.2, 0.25) is 0 Å². The number of pyridine rings is 1. The molecule has 0 saturated carbocycles. The summed E-state index contributed by atoms with van der Waals surface area (Å²) in [5.74, 6) is -1.09. The van der Waals surface area contributed by atoms with Gasteiger partial charge in [0.1, 0.15) is 12.2 Å². The van der Waals surface area contributed by atoms with Crippen LogP contribution in [0.15, 0.2) is 33.7 Å². The van der Waals surface area contributed by atoms with E-state index in [0.29, 0.717) is 5.69 Å². The van der Waals surface area contributed by atoms with Gasteiger partial charge in [-0.2, -0.15) is 0 Å². The predicted octanol–water partition coefficient (Wildman–Crippen LogP) is 0.0713. The molecule has 88 valence electrons. The van der Waals surface area contributed by atoms with Gasteiger partial charge in [0.25, 0.3) is 0 Å². The minimum Gasteiger partial charge on any atom is -0.468 e. The summed E-state index contributed by atoms with van der Waals surface area (Å²) in [5, 5.41) is 3.58. The lowest BCUT2D eigenvalue weighted by Gasteiger charge is -2.01. The van der Waals surface area contributed by atoms with Gasteiger partial charge in [-0.25, -0.2) is 9.36 Å². The van der Waals surface area contributed by atoms with Crippen LogP contribution in [0.25, 0.3) is 11.5 Å². The minimum atomic E-state index is -0.726. The third-order valence-corrected chi connectivity index (χ3v) is 2.10. The minimum absolute atomic E-state index is 0.195. The van der Waals surface area contributed by atoms with Gasteiger partial charge < -0.3 is 4.74 Å². The molecular weight excluding hydrogens is 226 g/mol. The quantitative estimate of drug-likeness (QED) is 0.699. The number of carbonyl (C=O) groups is 1. The number of carbonyl (C=O) groups excluding carboxylic acids is 1. The third kappa shape index (κ3) is 2.22. The van der Waals surface area contributed by atoms with Crippen LogP contribution in [-0.4, -0.2) is 27.8 Å². The Morgan fingerprint density at radius 3 is 3.00 bits per heavy atom. The highest BCUT2D eigenvalue weighted by atomic mass is 16.5. The average molecular weight is 235 g/mol. The number of hydrogen-bond acceptors (Lipinski definition) is 6. The lowest BCUT2D eigenvalue weighted by atomic mass is 10.3.